The molecule has 1 aromatic carbocycles. The van der Waals surface area contributed by atoms with E-state index in [1.54, 1.807) is 38.4 Å². The van der Waals surface area contributed by atoms with Crippen LogP contribution in [0, 0.1) is 5.41 Å². The number of carbonyl (C=O) groups is 2. The standard InChI is InChI=1S/C17H25N3O3/c1-17(11-18)8-9-20(12-17)16(22)13-6-4-5-7-14(13)23-10-15(21)19(2)3/h4-7H,8-12,18H2,1-3H3. The van der Waals surface area contributed by atoms with E-state index < -0.39 is 0 Å². The first-order valence-electron chi connectivity index (χ1n) is 7.77. The van der Waals surface area contributed by atoms with Crippen LogP contribution in [0.25, 0.3) is 0 Å². The van der Waals surface area contributed by atoms with E-state index in [1.165, 1.54) is 4.90 Å². The van der Waals surface area contributed by atoms with Crippen LogP contribution in [0.15, 0.2) is 24.3 Å². The predicted molar refractivity (Wildman–Crippen MR) is 88.3 cm³/mol. The Labute approximate surface area is 137 Å². The van der Waals surface area contributed by atoms with Gasteiger partial charge in [0.05, 0.1) is 5.56 Å². The topological polar surface area (TPSA) is 75.9 Å². The van der Waals surface area contributed by atoms with Gasteiger partial charge in [0.1, 0.15) is 5.75 Å². The summed E-state index contributed by atoms with van der Waals surface area (Å²) in [6, 6.07) is 7.04. The van der Waals surface area contributed by atoms with Gasteiger partial charge in [-0.15, -0.1) is 0 Å². The van der Waals surface area contributed by atoms with Gasteiger partial charge in [0.25, 0.3) is 11.8 Å². The lowest BCUT2D eigenvalue weighted by atomic mass is 9.90. The zero-order chi connectivity index (χ0) is 17.0. The van der Waals surface area contributed by atoms with Crippen molar-refractivity contribution in [1.82, 2.24) is 9.80 Å². The number of ether oxygens (including phenoxy) is 1. The summed E-state index contributed by atoms with van der Waals surface area (Å²) in [5.41, 5.74) is 6.27. The van der Waals surface area contributed by atoms with Gasteiger partial charge < -0.3 is 20.3 Å². The highest BCUT2D eigenvalue weighted by atomic mass is 16.5. The van der Waals surface area contributed by atoms with E-state index in [2.05, 4.69) is 6.92 Å². The minimum atomic E-state index is -0.149. The van der Waals surface area contributed by atoms with E-state index in [-0.39, 0.29) is 23.8 Å². The molecular formula is C17H25N3O3. The highest BCUT2D eigenvalue weighted by Gasteiger charge is 2.35. The van der Waals surface area contributed by atoms with Gasteiger partial charge in [-0.25, -0.2) is 0 Å². The van der Waals surface area contributed by atoms with E-state index in [1.807, 2.05) is 4.90 Å². The summed E-state index contributed by atoms with van der Waals surface area (Å²) in [4.78, 5) is 27.7. The van der Waals surface area contributed by atoms with Gasteiger partial charge in [0.15, 0.2) is 6.61 Å². The molecule has 6 heteroatoms. The quantitative estimate of drug-likeness (QED) is 0.877. The van der Waals surface area contributed by atoms with Crippen molar-refractivity contribution in [2.45, 2.75) is 13.3 Å². The summed E-state index contributed by atoms with van der Waals surface area (Å²) in [5.74, 6) is 0.216. The number of amides is 2. The lowest BCUT2D eigenvalue weighted by molar-refractivity contribution is -0.130. The summed E-state index contributed by atoms with van der Waals surface area (Å²) in [7, 11) is 3.33. The fourth-order valence-electron chi connectivity index (χ4n) is 2.57. The average Bonchev–Trinajstić information content (AvgIpc) is 2.95. The highest BCUT2D eigenvalue weighted by molar-refractivity contribution is 5.97. The number of para-hydroxylation sites is 1. The molecule has 1 atom stereocenters. The Hall–Kier alpha value is -2.08. The van der Waals surface area contributed by atoms with Crippen LogP contribution in [0.2, 0.25) is 0 Å². The molecule has 1 unspecified atom stereocenters. The van der Waals surface area contributed by atoms with E-state index in [0.29, 0.717) is 30.9 Å². The Bertz CT molecular complexity index is 588. The second-order valence-electron chi connectivity index (χ2n) is 6.56. The van der Waals surface area contributed by atoms with Gasteiger partial charge in [0.2, 0.25) is 0 Å². The maximum Gasteiger partial charge on any atom is 0.259 e. The molecule has 1 fully saturated rings. The molecule has 0 spiro atoms. The fourth-order valence-corrected chi connectivity index (χ4v) is 2.57. The second-order valence-corrected chi connectivity index (χ2v) is 6.56. The molecule has 1 aliphatic rings. The third-order valence-electron chi connectivity index (χ3n) is 4.31. The molecule has 0 saturated carbocycles. The molecule has 2 rings (SSSR count). The van der Waals surface area contributed by atoms with Crippen molar-refractivity contribution in [2.24, 2.45) is 11.1 Å². The lowest BCUT2D eigenvalue weighted by Gasteiger charge is -2.23. The lowest BCUT2D eigenvalue weighted by Crippen LogP contribution is -2.34. The molecular weight excluding hydrogens is 294 g/mol. The van der Waals surface area contributed by atoms with Gasteiger partial charge in [0, 0.05) is 27.2 Å². The Kier molecular flexibility index (Phi) is 5.26. The van der Waals surface area contributed by atoms with Gasteiger partial charge in [-0.1, -0.05) is 19.1 Å². The molecule has 0 radical (unpaired) electrons. The van der Waals surface area contributed by atoms with Crippen LogP contribution in [0.1, 0.15) is 23.7 Å². The van der Waals surface area contributed by atoms with Crippen LogP contribution >= 0.6 is 0 Å². The normalized spacial score (nSPS) is 20.4. The summed E-state index contributed by atoms with van der Waals surface area (Å²) >= 11 is 0. The molecule has 0 aliphatic carbocycles. The number of likely N-dealkylation sites (N-methyl/N-ethyl adjacent to an activating group) is 1. The summed E-state index contributed by atoms with van der Waals surface area (Å²) in [6.07, 6.45) is 0.900. The molecule has 2 amide bonds. The van der Waals surface area contributed by atoms with Crippen LogP contribution in [0.4, 0.5) is 0 Å². The molecule has 23 heavy (non-hydrogen) atoms. The van der Waals surface area contributed by atoms with Crippen molar-refractivity contribution in [3.63, 3.8) is 0 Å². The SMILES string of the molecule is CN(C)C(=O)COc1ccccc1C(=O)N1CCC(C)(CN)C1. The number of benzene rings is 1. The largest absolute Gasteiger partial charge is 0.483 e. The Morgan fingerprint density at radius 2 is 2.04 bits per heavy atom. The zero-order valence-electron chi connectivity index (χ0n) is 14.0. The molecule has 1 saturated heterocycles. The number of hydrogen-bond donors (Lipinski definition) is 1. The van der Waals surface area contributed by atoms with E-state index >= 15 is 0 Å². The summed E-state index contributed by atoms with van der Waals surface area (Å²) < 4.78 is 5.56. The number of hydrogen-bond acceptors (Lipinski definition) is 4. The Balaban J connectivity index is 2.11. The van der Waals surface area contributed by atoms with Crippen LogP contribution in [-0.2, 0) is 4.79 Å². The molecule has 0 aromatic heterocycles. The van der Waals surface area contributed by atoms with Gasteiger partial charge in [-0.3, -0.25) is 9.59 Å². The van der Waals surface area contributed by atoms with Crippen LogP contribution in [0.3, 0.4) is 0 Å². The molecule has 126 valence electrons. The number of carbonyl (C=O) groups excluding carboxylic acids is 2. The van der Waals surface area contributed by atoms with Crippen LogP contribution in [0.5, 0.6) is 5.75 Å². The Morgan fingerprint density at radius 1 is 1.35 bits per heavy atom. The maximum atomic E-state index is 12.8. The number of nitrogens with two attached hydrogens (primary N) is 1. The predicted octanol–water partition coefficient (Wildman–Crippen LogP) is 0.964. The van der Waals surface area contributed by atoms with Crippen molar-refractivity contribution in [2.75, 3.05) is 40.3 Å². The van der Waals surface area contributed by atoms with Crippen molar-refractivity contribution in [3.05, 3.63) is 29.8 Å². The number of likely N-dealkylation sites (tertiary alicyclic amines) is 1. The number of nitrogens with zero attached hydrogens (tertiary/aromatic N) is 2. The van der Waals surface area contributed by atoms with Crippen molar-refractivity contribution in [1.29, 1.82) is 0 Å². The molecule has 1 aromatic rings. The van der Waals surface area contributed by atoms with E-state index in [9.17, 15) is 9.59 Å². The molecule has 1 heterocycles. The third-order valence-corrected chi connectivity index (χ3v) is 4.31. The van der Waals surface area contributed by atoms with Crippen molar-refractivity contribution < 1.29 is 14.3 Å². The smallest absolute Gasteiger partial charge is 0.259 e. The molecule has 0 bridgehead atoms. The first-order valence-corrected chi connectivity index (χ1v) is 7.77. The minimum Gasteiger partial charge on any atom is -0.483 e. The van der Waals surface area contributed by atoms with Crippen LogP contribution in [-0.4, -0.2) is 62.0 Å². The first-order chi connectivity index (χ1) is 10.9. The molecule has 6 nitrogen and oxygen atoms in total. The minimum absolute atomic E-state index is 0.0215. The summed E-state index contributed by atoms with van der Waals surface area (Å²) in [5, 5.41) is 0. The van der Waals surface area contributed by atoms with Gasteiger partial charge in [-0.2, -0.15) is 0 Å². The molecule has 1 aliphatic heterocycles. The van der Waals surface area contributed by atoms with Crippen molar-refractivity contribution in [3.8, 4) is 5.75 Å². The molecule has 2 N–H and O–H groups in total. The number of rotatable bonds is 5. The summed E-state index contributed by atoms with van der Waals surface area (Å²) in [6.45, 7) is 3.91. The average molecular weight is 319 g/mol. The second kappa shape index (κ2) is 7.00. The monoisotopic (exact) mass is 319 g/mol. The van der Waals surface area contributed by atoms with Crippen molar-refractivity contribution >= 4 is 11.8 Å². The van der Waals surface area contributed by atoms with E-state index in [0.717, 1.165) is 6.42 Å². The highest BCUT2D eigenvalue weighted by Crippen LogP contribution is 2.31. The zero-order valence-corrected chi connectivity index (χ0v) is 14.0. The van der Waals surface area contributed by atoms with Gasteiger partial charge in [-0.05, 0) is 30.5 Å². The van der Waals surface area contributed by atoms with Crippen LogP contribution < -0.4 is 10.5 Å². The van der Waals surface area contributed by atoms with E-state index in [4.69, 9.17) is 10.5 Å². The Morgan fingerprint density at radius 3 is 2.65 bits per heavy atom. The fraction of sp³-hybridized carbons (Fsp3) is 0.529. The third kappa shape index (κ3) is 4.01. The first kappa shape index (κ1) is 17.3. The van der Waals surface area contributed by atoms with Gasteiger partial charge >= 0.3 is 0 Å². The maximum absolute atomic E-state index is 12.8.